The Hall–Kier alpha value is -3.58. The maximum atomic E-state index is 13.9. The van der Waals surface area contributed by atoms with Crippen molar-refractivity contribution >= 4 is 29.0 Å². The van der Waals surface area contributed by atoms with Gasteiger partial charge < -0.3 is 16.0 Å². The quantitative estimate of drug-likeness (QED) is 0.453. The van der Waals surface area contributed by atoms with Crippen LogP contribution in [0.4, 0.5) is 24.7 Å². The lowest BCUT2D eigenvalue weighted by Crippen LogP contribution is -2.44. The molecule has 198 valence electrons. The van der Waals surface area contributed by atoms with Crippen molar-refractivity contribution in [2.75, 3.05) is 44.3 Å². The van der Waals surface area contributed by atoms with Crippen molar-refractivity contribution in [1.29, 1.82) is 0 Å². The summed E-state index contributed by atoms with van der Waals surface area (Å²) in [6.07, 6.45) is -3.06. The number of likely N-dealkylation sites (N-methyl/N-ethyl adjacent to an activating group) is 1. The zero-order valence-corrected chi connectivity index (χ0v) is 21.7. The lowest BCUT2D eigenvalue weighted by Gasteiger charge is -2.33. The number of carbonyl (C=O) groups is 1. The molecular weight excluding hydrogens is 515 g/mol. The second kappa shape index (κ2) is 11.4. The second-order valence-corrected chi connectivity index (χ2v) is 9.63. The van der Waals surface area contributed by atoms with Crippen molar-refractivity contribution in [3.05, 3.63) is 87.1 Å². The van der Waals surface area contributed by atoms with Crippen molar-refractivity contribution in [2.45, 2.75) is 19.6 Å². The van der Waals surface area contributed by atoms with Crippen LogP contribution in [0.1, 0.15) is 38.2 Å². The molecule has 0 spiro atoms. The summed E-state index contributed by atoms with van der Waals surface area (Å²) < 4.78 is 41.8. The Balaban J connectivity index is 1.54. The molecule has 0 radical (unpaired) electrons. The number of nitrogen functional groups attached to an aromatic ring is 1. The average Bonchev–Trinajstić information content (AvgIpc) is 2.87. The summed E-state index contributed by atoms with van der Waals surface area (Å²) in [5, 5.41) is 2.90. The molecule has 3 aromatic rings. The lowest BCUT2D eigenvalue weighted by molar-refractivity contribution is -0.138. The highest BCUT2D eigenvalue weighted by molar-refractivity contribution is 6.32. The van der Waals surface area contributed by atoms with E-state index in [4.69, 9.17) is 17.3 Å². The molecule has 1 saturated heterocycles. The van der Waals surface area contributed by atoms with Gasteiger partial charge in [0.2, 0.25) is 0 Å². The summed E-state index contributed by atoms with van der Waals surface area (Å²) in [4.78, 5) is 21.2. The number of nitrogens with one attached hydrogen (secondary N) is 1. The van der Waals surface area contributed by atoms with E-state index in [1.165, 1.54) is 18.3 Å². The number of anilines is 2. The van der Waals surface area contributed by atoms with E-state index in [1.807, 2.05) is 11.9 Å². The van der Waals surface area contributed by atoms with Crippen LogP contribution in [0.3, 0.4) is 0 Å². The Morgan fingerprint density at radius 3 is 2.55 bits per heavy atom. The van der Waals surface area contributed by atoms with E-state index in [-0.39, 0.29) is 28.6 Å². The van der Waals surface area contributed by atoms with Gasteiger partial charge in [0.15, 0.2) is 0 Å². The highest BCUT2D eigenvalue weighted by atomic mass is 35.5. The number of hydrogen-bond donors (Lipinski definition) is 2. The van der Waals surface area contributed by atoms with Crippen LogP contribution in [0.2, 0.25) is 5.02 Å². The van der Waals surface area contributed by atoms with E-state index in [2.05, 4.69) is 27.0 Å². The van der Waals surface area contributed by atoms with E-state index >= 15 is 0 Å². The van der Waals surface area contributed by atoms with Crippen LogP contribution in [0.25, 0.3) is 0 Å². The largest absolute Gasteiger partial charge is 0.416 e. The summed E-state index contributed by atoms with van der Waals surface area (Å²) in [5.41, 5.74) is 7.17. The molecule has 38 heavy (non-hydrogen) atoms. The van der Waals surface area contributed by atoms with Gasteiger partial charge in [-0.1, -0.05) is 35.6 Å². The van der Waals surface area contributed by atoms with Gasteiger partial charge in [-0.3, -0.25) is 9.69 Å². The monoisotopic (exact) mass is 541 g/mol. The first kappa shape index (κ1) is 27.5. The van der Waals surface area contributed by atoms with Crippen LogP contribution < -0.4 is 11.1 Å². The second-order valence-electron chi connectivity index (χ2n) is 9.22. The van der Waals surface area contributed by atoms with Gasteiger partial charge in [-0.05, 0) is 55.4 Å². The lowest BCUT2D eigenvalue weighted by atomic mass is 10.0. The molecule has 1 fully saturated rings. The Labute approximate surface area is 224 Å². The average molecular weight is 542 g/mol. The maximum Gasteiger partial charge on any atom is 0.416 e. The van der Waals surface area contributed by atoms with Crippen molar-refractivity contribution in [2.24, 2.45) is 0 Å². The summed E-state index contributed by atoms with van der Waals surface area (Å²) in [5.74, 6) is 5.60. The number of benzene rings is 2. The zero-order valence-electron chi connectivity index (χ0n) is 21.0. The first-order chi connectivity index (χ1) is 18.0. The molecular formula is C28H27ClF3N5O. The first-order valence-electron chi connectivity index (χ1n) is 12.0. The fourth-order valence-corrected chi connectivity index (χ4v) is 4.34. The predicted molar refractivity (Wildman–Crippen MR) is 143 cm³/mol. The number of alkyl halides is 3. The number of carbonyl (C=O) groups excluding carboxylic acids is 1. The summed E-state index contributed by atoms with van der Waals surface area (Å²) in [6, 6.07) is 10.6. The van der Waals surface area contributed by atoms with Crippen LogP contribution in [0.15, 0.2) is 48.7 Å². The molecule has 0 atom stereocenters. The number of halogens is 4. The van der Waals surface area contributed by atoms with Crippen molar-refractivity contribution in [1.82, 2.24) is 14.8 Å². The SMILES string of the molecule is Cc1c(C#Cc2cnc(N)c(Cl)c2)cccc1C(=O)Nc1ccc(CN2CCN(C)CC2)c(C(F)(F)F)c1. The molecule has 3 N–H and O–H groups in total. The van der Waals surface area contributed by atoms with Crippen molar-refractivity contribution in [3.63, 3.8) is 0 Å². The molecule has 1 aliphatic rings. The molecule has 2 heterocycles. The van der Waals surface area contributed by atoms with Crippen molar-refractivity contribution < 1.29 is 18.0 Å². The number of piperazine rings is 1. The fourth-order valence-electron chi connectivity index (χ4n) is 4.17. The van der Waals surface area contributed by atoms with Gasteiger partial charge in [-0.15, -0.1) is 0 Å². The predicted octanol–water partition coefficient (Wildman–Crippen LogP) is 5.04. The highest BCUT2D eigenvalue weighted by Gasteiger charge is 2.34. The van der Waals surface area contributed by atoms with Gasteiger partial charge >= 0.3 is 6.18 Å². The van der Waals surface area contributed by atoms with Gasteiger partial charge in [0.25, 0.3) is 5.91 Å². The zero-order chi connectivity index (χ0) is 27.4. The molecule has 0 bridgehead atoms. The highest BCUT2D eigenvalue weighted by Crippen LogP contribution is 2.35. The summed E-state index contributed by atoms with van der Waals surface area (Å²) >= 11 is 5.99. The third-order valence-corrected chi connectivity index (χ3v) is 6.76. The third kappa shape index (κ3) is 6.64. The number of hydrogen-bond acceptors (Lipinski definition) is 5. The number of nitrogens with two attached hydrogens (primary N) is 1. The molecule has 0 unspecified atom stereocenters. The fraction of sp³-hybridized carbons (Fsp3) is 0.286. The molecule has 10 heteroatoms. The molecule has 4 rings (SSSR count). The smallest absolute Gasteiger partial charge is 0.382 e. The third-order valence-electron chi connectivity index (χ3n) is 6.45. The molecule has 1 aliphatic heterocycles. The van der Waals surface area contributed by atoms with E-state index < -0.39 is 17.6 Å². The molecule has 1 aromatic heterocycles. The molecule has 0 saturated carbocycles. The van der Waals surface area contributed by atoms with Gasteiger partial charge in [0.05, 0.1) is 10.6 Å². The minimum Gasteiger partial charge on any atom is -0.382 e. The normalized spacial score (nSPS) is 14.6. The van der Waals surface area contributed by atoms with E-state index in [0.717, 1.165) is 19.2 Å². The van der Waals surface area contributed by atoms with E-state index in [1.54, 1.807) is 31.2 Å². The van der Waals surface area contributed by atoms with Crippen LogP contribution in [-0.4, -0.2) is 53.9 Å². The Kier molecular flexibility index (Phi) is 8.26. The minimum absolute atomic E-state index is 0.0722. The van der Waals surface area contributed by atoms with Crippen LogP contribution >= 0.6 is 11.6 Å². The van der Waals surface area contributed by atoms with Gasteiger partial charge in [-0.2, -0.15) is 13.2 Å². The first-order valence-corrected chi connectivity index (χ1v) is 12.3. The Bertz CT molecular complexity index is 1410. The van der Waals surface area contributed by atoms with Crippen LogP contribution in [0, 0.1) is 18.8 Å². The van der Waals surface area contributed by atoms with E-state index in [0.29, 0.717) is 35.3 Å². The van der Waals surface area contributed by atoms with Crippen LogP contribution in [0.5, 0.6) is 0 Å². The number of rotatable bonds is 4. The van der Waals surface area contributed by atoms with Crippen molar-refractivity contribution in [3.8, 4) is 11.8 Å². The van der Waals surface area contributed by atoms with Crippen LogP contribution in [-0.2, 0) is 12.7 Å². The Morgan fingerprint density at radius 1 is 1.13 bits per heavy atom. The van der Waals surface area contributed by atoms with Gasteiger partial charge in [0.1, 0.15) is 5.82 Å². The topological polar surface area (TPSA) is 74.5 Å². The van der Waals surface area contributed by atoms with Gasteiger partial charge in [-0.25, -0.2) is 4.98 Å². The molecule has 0 aliphatic carbocycles. The molecule has 2 aromatic carbocycles. The number of aromatic nitrogens is 1. The standard InChI is InChI=1S/C28H27ClF3N5O/c1-18-20(7-6-19-14-25(29)26(33)34-16-19)4-3-5-23(18)27(38)35-22-9-8-21(24(15-22)28(30,31)32)17-37-12-10-36(2)11-13-37/h3-5,8-9,14-16H,10-13,17H2,1-2H3,(H2,33,34)(H,35,38). The van der Waals surface area contributed by atoms with E-state index in [9.17, 15) is 18.0 Å². The Morgan fingerprint density at radius 2 is 1.87 bits per heavy atom. The minimum atomic E-state index is -4.55. The number of amides is 1. The van der Waals surface area contributed by atoms with Gasteiger partial charge in [0, 0.05) is 61.3 Å². The summed E-state index contributed by atoms with van der Waals surface area (Å²) in [6.45, 7) is 4.95. The number of nitrogens with zero attached hydrogens (tertiary/aromatic N) is 3. The summed E-state index contributed by atoms with van der Waals surface area (Å²) in [7, 11) is 1.99. The maximum absolute atomic E-state index is 13.9. The number of pyridine rings is 1. The molecule has 1 amide bonds. The molecule has 6 nitrogen and oxygen atoms in total.